The zero-order valence-corrected chi connectivity index (χ0v) is 10.5. The quantitative estimate of drug-likeness (QED) is 0.823. The van der Waals surface area contributed by atoms with Crippen LogP contribution in [-0.4, -0.2) is 41.6 Å². The number of ether oxygens (including phenoxy) is 1. The predicted molar refractivity (Wildman–Crippen MR) is 66.0 cm³/mol. The summed E-state index contributed by atoms with van der Waals surface area (Å²) < 4.78 is 4.93. The fraction of sp³-hybridized carbons (Fsp3) is 0.385. The number of carbonyl (C=O) groups is 2. The van der Waals surface area contributed by atoms with Crippen LogP contribution < -0.4 is 0 Å². The van der Waals surface area contributed by atoms with Crippen molar-refractivity contribution in [2.24, 2.45) is 0 Å². The Labute approximate surface area is 106 Å². The van der Waals surface area contributed by atoms with Crippen LogP contribution in [0.3, 0.4) is 0 Å². The van der Waals surface area contributed by atoms with Crippen molar-refractivity contribution in [3.8, 4) is 0 Å². The molecule has 0 aliphatic heterocycles. The number of carboxylic acid groups (broad SMARTS) is 1. The molecule has 1 aromatic carbocycles. The minimum Gasteiger partial charge on any atom is -0.479 e. The van der Waals surface area contributed by atoms with Gasteiger partial charge in [-0.05, 0) is 12.5 Å². The Morgan fingerprint density at radius 1 is 1.33 bits per heavy atom. The molecule has 1 rings (SSSR count). The van der Waals surface area contributed by atoms with Crippen molar-refractivity contribution in [1.82, 2.24) is 4.90 Å². The minimum absolute atomic E-state index is 0.225. The highest BCUT2D eigenvalue weighted by atomic mass is 16.5. The minimum atomic E-state index is -1.08. The highest BCUT2D eigenvalue weighted by molar-refractivity contribution is 5.78. The first kappa shape index (κ1) is 14.2. The van der Waals surface area contributed by atoms with E-state index in [2.05, 4.69) is 0 Å². The van der Waals surface area contributed by atoms with Crippen LogP contribution in [0.1, 0.15) is 12.5 Å². The molecule has 0 saturated carbocycles. The number of carboxylic acids is 1. The SMILES string of the molecule is C[C@@H](OCC(=O)N(C)Cc1ccccc1)C(=O)O. The average molecular weight is 251 g/mol. The highest BCUT2D eigenvalue weighted by Gasteiger charge is 2.15. The Bertz CT molecular complexity index is 405. The first-order chi connectivity index (χ1) is 8.50. The van der Waals surface area contributed by atoms with Crippen LogP contribution in [0.25, 0.3) is 0 Å². The van der Waals surface area contributed by atoms with Gasteiger partial charge in [0.25, 0.3) is 0 Å². The molecule has 0 unspecified atom stereocenters. The van der Waals surface area contributed by atoms with Gasteiger partial charge < -0.3 is 14.7 Å². The maximum absolute atomic E-state index is 11.7. The molecule has 1 amide bonds. The van der Waals surface area contributed by atoms with Crippen LogP contribution >= 0.6 is 0 Å². The van der Waals surface area contributed by atoms with Crippen LogP contribution in [0.15, 0.2) is 30.3 Å². The number of benzene rings is 1. The Morgan fingerprint density at radius 3 is 2.50 bits per heavy atom. The van der Waals surface area contributed by atoms with Gasteiger partial charge >= 0.3 is 5.97 Å². The number of carbonyl (C=O) groups excluding carboxylic acids is 1. The van der Waals surface area contributed by atoms with Crippen LogP contribution in [0.4, 0.5) is 0 Å². The summed E-state index contributed by atoms with van der Waals surface area (Å²) in [6.45, 7) is 1.65. The van der Waals surface area contributed by atoms with Gasteiger partial charge in [-0.15, -0.1) is 0 Å². The van der Waals surface area contributed by atoms with E-state index in [0.29, 0.717) is 6.54 Å². The molecule has 5 heteroatoms. The molecule has 5 nitrogen and oxygen atoms in total. The molecule has 18 heavy (non-hydrogen) atoms. The molecule has 0 aliphatic carbocycles. The van der Waals surface area contributed by atoms with Crippen molar-refractivity contribution in [1.29, 1.82) is 0 Å². The topological polar surface area (TPSA) is 66.8 Å². The first-order valence-corrected chi connectivity index (χ1v) is 5.63. The number of hydrogen-bond acceptors (Lipinski definition) is 3. The normalized spacial score (nSPS) is 11.9. The molecule has 0 radical (unpaired) electrons. The maximum atomic E-state index is 11.7. The molecule has 0 aliphatic rings. The largest absolute Gasteiger partial charge is 0.479 e. The fourth-order valence-corrected chi connectivity index (χ4v) is 1.32. The summed E-state index contributed by atoms with van der Waals surface area (Å²) in [7, 11) is 1.66. The van der Waals surface area contributed by atoms with Gasteiger partial charge in [0.2, 0.25) is 5.91 Å². The standard InChI is InChI=1S/C13H17NO4/c1-10(13(16)17)18-9-12(15)14(2)8-11-6-4-3-5-7-11/h3-7,10H,8-9H2,1-2H3,(H,16,17)/t10-/m1/s1. The molecule has 0 spiro atoms. The lowest BCUT2D eigenvalue weighted by Gasteiger charge is -2.18. The molecule has 0 saturated heterocycles. The van der Waals surface area contributed by atoms with E-state index in [4.69, 9.17) is 9.84 Å². The molecule has 1 atom stereocenters. The third-order valence-electron chi connectivity index (χ3n) is 2.49. The monoisotopic (exact) mass is 251 g/mol. The van der Waals surface area contributed by atoms with Crippen LogP contribution in [0.5, 0.6) is 0 Å². The van der Waals surface area contributed by atoms with E-state index < -0.39 is 12.1 Å². The van der Waals surface area contributed by atoms with Gasteiger partial charge in [0.15, 0.2) is 6.10 Å². The lowest BCUT2D eigenvalue weighted by molar-refractivity contribution is -0.152. The van der Waals surface area contributed by atoms with Crippen molar-refractivity contribution in [3.05, 3.63) is 35.9 Å². The average Bonchev–Trinajstić information content (AvgIpc) is 2.36. The Hall–Kier alpha value is -1.88. The molecular formula is C13H17NO4. The van der Waals surface area contributed by atoms with Gasteiger partial charge in [0.1, 0.15) is 6.61 Å². The molecule has 0 aromatic heterocycles. The summed E-state index contributed by atoms with van der Waals surface area (Å²) in [6.07, 6.45) is -0.973. The fourth-order valence-electron chi connectivity index (χ4n) is 1.32. The number of hydrogen-bond donors (Lipinski definition) is 1. The predicted octanol–water partition coefficient (Wildman–Crippen LogP) is 1.13. The van der Waals surface area contributed by atoms with E-state index in [-0.39, 0.29) is 12.5 Å². The van der Waals surface area contributed by atoms with Crippen molar-refractivity contribution in [2.75, 3.05) is 13.7 Å². The van der Waals surface area contributed by atoms with Gasteiger partial charge in [-0.2, -0.15) is 0 Å². The zero-order valence-electron chi connectivity index (χ0n) is 10.5. The number of aliphatic carboxylic acids is 1. The Balaban J connectivity index is 2.40. The van der Waals surface area contributed by atoms with Crippen molar-refractivity contribution in [3.63, 3.8) is 0 Å². The molecule has 1 aromatic rings. The van der Waals surface area contributed by atoms with Crippen molar-refractivity contribution in [2.45, 2.75) is 19.6 Å². The molecule has 0 fully saturated rings. The van der Waals surface area contributed by atoms with Crippen LogP contribution in [-0.2, 0) is 20.9 Å². The highest BCUT2D eigenvalue weighted by Crippen LogP contribution is 2.03. The summed E-state index contributed by atoms with van der Waals surface area (Å²) in [6, 6.07) is 9.55. The number of likely N-dealkylation sites (N-methyl/N-ethyl adjacent to an activating group) is 1. The van der Waals surface area contributed by atoms with Gasteiger partial charge in [-0.25, -0.2) is 4.79 Å². The number of amides is 1. The lowest BCUT2D eigenvalue weighted by Crippen LogP contribution is -2.32. The van der Waals surface area contributed by atoms with E-state index >= 15 is 0 Å². The molecule has 1 N–H and O–H groups in total. The molecular weight excluding hydrogens is 234 g/mol. The van der Waals surface area contributed by atoms with E-state index in [1.54, 1.807) is 7.05 Å². The summed E-state index contributed by atoms with van der Waals surface area (Å²) in [4.78, 5) is 23.7. The summed E-state index contributed by atoms with van der Waals surface area (Å²) in [5.74, 6) is -1.32. The molecule has 0 heterocycles. The van der Waals surface area contributed by atoms with E-state index in [1.807, 2.05) is 30.3 Å². The smallest absolute Gasteiger partial charge is 0.332 e. The first-order valence-electron chi connectivity index (χ1n) is 5.63. The lowest BCUT2D eigenvalue weighted by atomic mass is 10.2. The summed E-state index contributed by atoms with van der Waals surface area (Å²) in [5, 5.41) is 8.62. The summed E-state index contributed by atoms with van der Waals surface area (Å²) >= 11 is 0. The van der Waals surface area contributed by atoms with Gasteiger partial charge in [-0.3, -0.25) is 4.79 Å². The van der Waals surface area contributed by atoms with Gasteiger partial charge in [-0.1, -0.05) is 30.3 Å². The second-order valence-corrected chi connectivity index (χ2v) is 4.03. The zero-order chi connectivity index (χ0) is 13.5. The summed E-state index contributed by atoms with van der Waals surface area (Å²) in [5.41, 5.74) is 1.01. The second-order valence-electron chi connectivity index (χ2n) is 4.03. The van der Waals surface area contributed by atoms with Gasteiger partial charge in [0.05, 0.1) is 0 Å². The maximum Gasteiger partial charge on any atom is 0.332 e. The Morgan fingerprint density at radius 2 is 1.94 bits per heavy atom. The third kappa shape index (κ3) is 4.55. The Kier molecular flexibility index (Phi) is 5.32. The van der Waals surface area contributed by atoms with Crippen LogP contribution in [0.2, 0.25) is 0 Å². The molecule has 98 valence electrons. The van der Waals surface area contributed by atoms with E-state index in [9.17, 15) is 9.59 Å². The molecule has 0 bridgehead atoms. The van der Waals surface area contributed by atoms with Gasteiger partial charge in [0, 0.05) is 13.6 Å². The van der Waals surface area contributed by atoms with Crippen molar-refractivity contribution < 1.29 is 19.4 Å². The number of rotatable bonds is 6. The second kappa shape index (κ2) is 6.76. The number of nitrogens with zero attached hydrogens (tertiary/aromatic N) is 1. The van der Waals surface area contributed by atoms with E-state index in [0.717, 1.165) is 5.56 Å². The van der Waals surface area contributed by atoms with E-state index in [1.165, 1.54) is 11.8 Å². The third-order valence-corrected chi connectivity index (χ3v) is 2.49. The van der Waals surface area contributed by atoms with Crippen LogP contribution in [0, 0.1) is 0 Å². The van der Waals surface area contributed by atoms with Crippen molar-refractivity contribution >= 4 is 11.9 Å².